The molecule has 0 spiro atoms. The number of nitrogens with one attached hydrogen (secondary N) is 1. The van der Waals surface area contributed by atoms with Gasteiger partial charge in [0.2, 0.25) is 0 Å². The lowest BCUT2D eigenvalue weighted by Gasteiger charge is -2.23. The SMILES string of the molecule is Cc1nc(C(C)C)sc1C(C)NC(CCCO)c1ccccc1. The van der Waals surface area contributed by atoms with Crippen molar-refractivity contribution in [2.24, 2.45) is 0 Å². The molecular formula is C19H28N2OS. The van der Waals surface area contributed by atoms with E-state index >= 15 is 0 Å². The molecule has 2 atom stereocenters. The number of aryl methyl sites for hydroxylation is 1. The average molecular weight is 333 g/mol. The first-order valence-electron chi connectivity index (χ1n) is 8.42. The molecule has 0 aliphatic heterocycles. The molecule has 23 heavy (non-hydrogen) atoms. The molecule has 2 aromatic rings. The van der Waals surface area contributed by atoms with Crippen LogP contribution in [0.15, 0.2) is 30.3 Å². The normalized spacial score (nSPS) is 14.2. The number of rotatable bonds is 8. The summed E-state index contributed by atoms with van der Waals surface area (Å²) in [5.41, 5.74) is 2.41. The first-order chi connectivity index (χ1) is 11.0. The van der Waals surface area contributed by atoms with Gasteiger partial charge >= 0.3 is 0 Å². The molecule has 0 fully saturated rings. The lowest BCUT2D eigenvalue weighted by Crippen LogP contribution is -2.25. The third kappa shape index (κ3) is 4.87. The van der Waals surface area contributed by atoms with E-state index in [1.165, 1.54) is 15.4 Å². The van der Waals surface area contributed by atoms with E-state index in [-0.39, 0.29) is 18.7 Å². The van der Waals surface area contributed by atoms with Gasteiger partial charge in [0.15, 0.2) is 0 Å². The van der Waals surface area contributed by atoms with E-state index in [2.05, 4.69) is 57.3 Å². The van der Waals surface area contributed by atoms with Crippen molar-refractivity contribution in [2.75, 3.05) is 6.61 Å². The van der Waals surface area contributed by atoms with Crippen molar-refractivity contribution in [1.82, 2.24) is 10.3 Å². The van der Waals surface area contributed by atoms with Crippen LogP contribution in [0.3, 0.4) is 0 Å². The molecular weight excluding hydrogens is 304 g/mol. The monoisotopic (exact) mass is 332 g/mol. The highest BCUT2D eigenvalue weighted by molar-refractivity contribution is 7.11. The standard InChI is InChI=1S/C19H28N2OS/c1-13(2)19-21-15(4)18(23-19)14(3)20-17(11-8-12-22)16-9-6-5-7-10-16/h5-7,9-10,13-14,17,20,22H,8,11-12H2,1-4H3. The van der Waals surface area contributed by atoms with Gasteiger partial charge in [0.25, 0.3) is 0 Å². The average Bonchev–Trinajstić information content (AvgIpc) is 2.94. The molecule has 2 unspecified atom stereocenters. The number of thiazole rings is 1. The quantitative estimate of drug-likeness (QED) is 0.734. The van der Waals surface area contributed by atoms with Crippen LogP contribution in [-0.2, 0) is 0 Å². The highest BCUT2D eigenvalue weighted by atomic mass is 32.1. The summed E-state index contributed by atoms with van der Waals surface area (Å²) in [6.07, 6.45) is 1.73. The summed E-state index contributed by atoms with van der Waals surface area (Å²) in [6, 6.07) is 11.0. The van der Waals surface area contributed by atoms with Crippen LogP contribution in [0.2, 0.25) is 0 Å². The number of nitrogens with zero attached hydrogens (tertiary/aromatic N) is 1. The maximum Gasteiger partial charge on any atom is 0.0956 e. The van der Waals surface area contributed by atoms with E-state index in [4.69, 9.17) is 4.98 Å². The van der Waals surface area contributed by atoms with Crippen LogP contribution in [0.4, 0.5) is 0 Å². The minimum absolute atomic E-state index is 0.233. The second kappa shape index (κ2) is 8.57. The van der Waals surface area contributed by atoms with Gasteiger partial charge in [-0.2, -0.15) is 0 Å². The van der Waals surface area contributed by atoms with Gasteiger partial charge in [-0.1, -0.05) is 44.2 Å². The molecule has 126 valence electrons. The minimum atomic E-state index is 0.233. The summed E-state index contributed by atoms with van der Waals surface area (Å²) in [4.78, 5) is 6.03. The molecule has 0 amide bonds. The Morgan fingerprint density at radius 2 is 1.87 bits per heavy atom. The van der Waals surface area contributed by atoms with Crippen molar-refractivity contribution >= 4 is 11.3 Å². The number of benzene rings is 1. The molecule has 3 nitrogen and oxygen atoms in total. The molecule has 4 heteroatoms. The summed E-state index contributed by atoms with van der Waals surface area (Å²) in [7, 11) is 0. The summed E-state index contributed by atoms with van der Waals surface area (Å²) in [5.74, 6) is 0.471. The van der Waals surface area contributed by atoms with Gasteiger partial charge in [-0.25, -0.2) is 4.98 Å². The summed E-state index contributed by atoms with van der Waals surface area (Å²) in [6.45, 7) is 8.92. The summed E-state index contributed by atoms with van der Waals surface area (Å²) < 4.78 is 0. The highest BCUT2D eigenvalue weighted by Crippen LogP contribution is 2.31. The molecule has 2 N–H and O–H groups in total. The fourth-order valence-electron chi connectivity index (χ4n) is 2.78. The zero-order valence-electron chi connectivity index (χ0n) is 14.5. The Bertz CT molecular complexity index is 595. The minimum Gasteiger partial charge on any atom is -0.396 e. The van der Waals surface area contributed by atoms with Crippen molar-refractivity contribution in [3.63, 3.8) is 0 Å². The largest absolute Gasteiger partial charge is 0.396 e. The van der Waals surface area contributed by atoms with Gasteiger partial charge in [-0.15, -0.1) is 11.3 Å². The number of aliphatic hydroxyl groups is 1. The highest BCUT2D eigenvalue weighted by Gasteiger charge is 2.20. The summed E-state index contributed by atoms with van der Waals surface area (Å²) in [5, 5.41) is 14.1. The van der Waals surface area contributed by atoms with Crippen LogP contribution < -0.4 is 5.32 Å². The second-order valence-electron chi connectivity index (χ2n) is 6.37. The van der Waals surface area contributed by atoms with E-state index in [1.54, 1.807) is 0 Å². The van der Waals surface area contributed by atoms with Crippen molar-refractivity contribution in [3.05, 3.63) is 51.5 Å². The first-order valence-corrected chi connectivity index (χ1v) is 9.23. The third-order valence-corrected chi connectivity index (χ3v) is 5.68. The van der Waals surface area contributed by atoms with E-state index in [1.807, 2.05) is 17.4 Å². The predicted octanol–water partition coefficient (Wildman–Crippen LogP) is 4.74. The molecule has 0 bridgehead atoms. The Morgan fingerprint density at radius 1 is 1.17 bits per heavy atom. The topological polar surface area (TPSA) is 45.2 Å². The van der Waals surface area contributed by atoms with Crippen LogP contribution in [0.5, 0.6) is 0 Å². The Balaban J connectivity index is 2.15. The van der Waals surface area contributed by atoms with Crippen molar-refractivity contribution < 1.29 is 5.11 Å². The van der Waals surface area contributed by atoms with E-state index in [9.17, 15) is 5.11 Å². The van der Waals surface area contributed by atoms with Crippen molar-refractivity contribution in [2.45, 2.75) is 58.5 Å². The first kappa shape index (κ1) is 18.1. The Labute approximate surface area is 143 Å². The number of aliphatic hydroxyl groups excluding tert-OH is 1. The van der Waals surface area contributed by atoms with Gasteiger partial charge < -0.3 is 10.4 Å². The molecule has 1 heterocycles. The maximum absolute atomic E-state index is 9.19. The lowest BCUT2D eigenvalue weighted by atomic mass is 10.0. The number of aromatic nitrogens is 1. The van der Waals surface area contributed by atoms with Crippen LogP contribution in [0, 0.1) is 6.92 Å². The molecule has 0 saturated heterocycles. The van der Waals surface area contributed by atoms with Crippen LogP contribution in [0.25, 0.3) is 0 Å². The molecule has 1 aromatic carbocycles. The van der Waals surface area contributed by atoms with Gasteiger partial charge in [0, 0.05) is 29.5 Å². The zero-order chi connectivity index (χ0) is 16.8. The Hall–Kier alpha value is -1.23. The molecule has 0 radical (unpaired) electrons. The Kier molecular flexibility index (Phi) is 6.75. The van der Waals surface area contributed by atoms with Gasteiger partial charge in [-0.3, -0.25) is 0 Å². The maximum atomic E-state index is 9.19. The lowest BCUT2D eigenvalue weighted by molar-refractivity contribution is 0.272. The fourth-order valence-corrected chi connectivity index (χ4v) is 3.86. The predicted molar refractivity (Wildman–Crippen MR) is 98.0 cm³/mol. The second-order valence-corrected chi connectivity index (χ2v) is 7.44. The zero-order valence-corrected chi connectivity index (χ0v) is 15.4. The molecule has 0 aliphatic carbocycles. The van der Waals surface area contributed by atoms with Crippen molar-refractivity contribution in [3.8, 4) is 0 Å². The Morgan fingerprint density at radius 3 is 2.43 bits per heavy atom. The smallest absolute Gasteiger partial charge is 0.0956 e. The number of hydrogen-bond donors (Lipinski definition) is 2. The van der Waals surface area contributed by atoms with Crippen LogP contribution >= 0.6 is 11.3 Å². The molecule has 1 aromatic heterocycles. The van der Waals surface area contributed by atoms with Gasteiger partial charge in [0.1, 0.15) is 0 Å². The molecule has 0 aliphatic rings. The van der Waals surface area contributed by atoms with E-state index in [0.717, 1.165) is 18.5 Å². The fraction of sp³-hybridized carbons (Fsp3) is 0.526. The van der Waals surface area contributed by atoms with Crippen LogP contribution in [0.1, 0.15) is 72.8 Å². The van der Waals surface area contributed by atoms with Crippen molar-refractivity contribution in [1.29, 1.82) is 0 Å². The van der Waals surface area contributed by atoms with Gasteiger partial charge in [0.05, 0.1) is 10.7 Å². The molecule has 2 rings (SSSR count). The van der Waals surface area contributed by atoms with Gasteiger partial charge in [-0.05, 0) is 32.3 Å². The third-order valence-electron chi connectivity index (χ3n) is 4.04. The van der Waals surface area contributed by atoms with E-state index in [0.29, 0.717) is 5.92 Å². The van der Waals surface area contributed by atoms with Crippen LogP contribution in [-0.4, -0.2) is 16.7 Å². The van der Waals surface area contributed by atoms with E-state index < -0.39 is 0 Å². The summed E-state index contributed by atoms with van der Waals surface area (Å²) >= 11 is 1.81. The molecule has 0 saturated carbocycles. The number of hydrogen-bond acceptors (Lipinski definition) is 4.